The molecule has 4 heterocycles. The number of fused-ring (bicyclic) bond motifs is 1. The van der Waals surface area contributed by atoms with E-state index in [0.717, 1.165) is 43.4 Å². The monoisotopic (exact) mass is 324 g/mol. The Morgan fingerprint density at radius 2 is 2.08 bits per heavy atom. The first-order valence-corrected chi connectivity index (χ1v) is 8.05. The maximum Gasteiger partial charge on any atom is 0.222 e. The quantitative estimate of drug-likeness (QED) is 0.736. The van der Waals surface area contributed by atoms with Crippen LogP contribution in [0.25, 0.3) is 0 Å². The Kier molecular flexibility index (Phi) is 3.96. The van der Waals surface area contributed by atoms with Gasteiger partial charge < -0.3 is 10.3 Å². The number of hydrogen-bond donors (Lipinski definition) is 2. The van der Waals surface area contributed by atoms with Crippen molar-refractivity contribution in [3.05, 3.63) is 53.6 Å². The zero-order valence-corrected chi connectivity index (χ0v) is 13.6. The van der Waals surface area contributed by atoms with E-state index in [4.69, 9.17) is 0 Å². The van der Waals surface area contributed by atoms with E-state index in [1.165, 1.54) is 5.69 Å². The molecule has 24 heavy (non-hydrogen) atoms. The standard InChI is InChI=1S/C16H20N8/c1-12-8-19-15(21-12)11-23-5-6-24-14(10-23)7-13(22-24)9-20-16-17-3-2-4-18-16/h2-4,7-8H,5-6,9-11H2,1H3,(H,19,21)(H,17,18,20). The van der Waals surface area contributed by atoms with Gasteiger partial charge in [-0.2, -0.15) is 5.10 Å². The highest BCUT2D eigenvalue weighted by Gasteiger charge is 2.19. The van der Waals surface area contributed by atoms with E-state index in [0.29, 0.717) is 12.5 Å². The largest absolute Gasteiger partial charge is 0.348 e. The first-order valence-electron chi connectivity index (χ1n) is 8.05. The number of imidazole rings is 1. The summed E-state index contributed by atoms with van der Waals surface area (Å²) in [6.07, 6.45) is 5.32. The van der Waals surface area contributed by atoms with Crippen molar-refractivity contribution in [1.82, 2.24) is 34.6 Å². The van der Waals surface area contributed by atoms with E-state index in [-0.39, 0.29) is 0 Å². The highest BCUT2D eigenvalue weighted by molar-refractivity contribution is 5.24. The summed E-state index contributed by atoms with van der Waals surface area (Å²) in [6.45, 7) is 6.25. The van der Waals surface area contributed by atoms with Crippen LogP contribution < -0.4 is 5.32 Å². The van der Waals surface area contributed by atoms with Gasteiger partial charge in [-0.3, -0.25) is 9.58 Å². The van der Waals surface area contributed by atoms with E-state index in [1.807, 2.05) is 13.1 Å². The molecule has 0 bridgehead atoms. The van der Waals surface area contributed by atoms with Gasteiger partial charge in [0.15, 0.2) is 0 Å². The molecule has 0 atom stereocenters. The number of nitrogens with zero attached hydrogens (tertiary/aromatic N) is 6. The number of aryl methyl sites for hydroxylation is 1. The second-order valence-electron chi connectivity index (χ2n) is 6.00. The first kappa shape index (κ1) is 14.8. The maximum atomic E-state index is 4.66. The van der Waals surface area contributed by atoms with Crippen LogP contribution in [0.1, 0.15) is 22.9 Å². The fraction of sp³-hybridized carbons (Fsp3) is 0.375. The van der Waals surface area contributed by atoms with Crippen LogP contribution in [-0.2, 0) is 26.2 Å². The summed E-state index contributed by atoms with van der Waals surface area (Å²) in [5, 5.41) is 7.86. The van der Waals surface area contributed by atoms with Gasteiger partial charge in [0.25, 0.3) is 0 Å². The summed E-state index contributed by atoms with van der Waals surface area (Å²) in [5.41, 5.74) is 3.34. The van der Waals surface area contributed by atoms with Crippen LogP contribution in [0.3, 0.4) is 0 Å². The Morgan fingerprint density at radius 3 is 2.88 bits per heavy atom. The third-order valence-corrected chi connectivity index (χ3v) is 4.05. The van der Waals surface area contributed by atoms with Crippen LogP contribution in [0.15, 0.2) is 30.7 Å². The van der Waals surface area contributed by atoms with Crippen molar-refractivity contribution in [2.45, 2.75) is 33.1 Å². The molecule has 3 aromatic rings. The number of rotatable bonds is 5. The van der Waals surface area contributed by atoms with Crippen molar-refractivity contribution < 1.29 is 0 Å². The number of H-pyrrole nitrogens is 1. The van der Waals surface area contributed by atoms with E-state index in [1.54, 1.807) is 18.5 Å². The molecule has 8 heteroatoms. The van der Waals surface area contributed by atoms with Crippen molar-refractivity contribution in [1.29, 1.82) is 0 Å². The molecule has 0 saturated heterocycles. The molecule has 1 aliphatic heterocycles. The normalized spacial score (nSPS) is 14.5. The highest BCUT2D eigenvalue weighted by atomic mass is 15.3. The molecule has 4 rings (SSSR count). The fourth-order valence-corrected chi connectivity index (χ4v) is 2.92. The van der Waals surface area contributed by atoms with Gasteiger partial charge in [-0.15, -0.1) is 0 Å². The third kappa shape index (κ3) is 3.28. The van der Waals surface area contributed by atoms with Gasteiger partial charge >= 0.3 is 0 Å². The summed E-state index contributed by atoms with van der Waals surface area (Å²) in [5.74, 6) is 1.64. The lowest BCUT2D eigenvalue weighted by Crippen LogP contribution is -2.33. The zero-order chi connectivity index (χ0) is 16.4. The van der Waals surface area contributed by atoms with Crippen molar-refractivity contribution in [2.75, 3.05) is 11.9 Å². The molecule has 0 unspecified atom stereocenters. The van der Waals surface area contributed by atoms with E-state index in [2.05, 4.69) is 46.0 Å². The summed E-state index contributed by atoms with van der Waals surface area (Å²) >= 11 is 0. The highest BCUT2D eigenvalue weighted by Crippen LogP contribution is 2.16. The van der Waals surface area contributed by atoms with Gasteiger partial charge in [0.2, 0.25) is 5.95 Å². The van der Waals surface area contributed by atoms with Crippen molar-refractivity contribution in [3.8, 4) is 0 Å². The molecular formula is C16H20N8. The van der Waals surface area contributed by atoms with Crippen molar-refractivity contribution in [3.63, 3.8) is 0 Å². The number of aromatic amines is 1. The molecular weight excluding hydrogens is 304 g/mol. The van der Waals surface area contributed by atoms with E-state index < -0.39 is 0 Å². The summed E-state index contributed by atoms with van der Waals surface area (Å²) in [6, 6.07) is 3.95. The lowest BCUT2D eigenvalue weighted by atomic mass is 10.2. The predicted octanol–water partition coefficient (Wildman–Crippen LogP) is 1.33. The molecule has 0 radical (unpaired) electrons. The molecule has 3 aromatic heterocycles. The first-order chi connectivity index (χ1) is 11.8. The van der Waals surface area contributed by atoms with Crippen molar-refractivity contribution >= 4 is 5.95 Å². The van der Waals surface area contributed by atoms with E-state index >= 15 is 0 Å². The van der Waals surface area contributed by atoms with Crippen LogP contribution in [-0.4, -0.2) is 41.2 Å². The Balaban J connectivity index is 1.38. The molecule has 0 spiro atoms. The molecule has 0 saturated carbocycles. The summed E-state index contributed by atoms with van der Waals surface area (Å²) in [7, 11) is 0. The zero-order valence-electron chi connectivity index (χ0n) is 13.6. The number of nitrogens with one attached hydrogen (secondary N) is 2. The Labute approximate surface area is 140 Å². The summed E-state index contributed by atoms with van der Waals surface area (Å²) < 4.78 is 2.09. The molecule has 8 nitrogen and oxygen atoms in total. The van der Waals surface area contributed by atoms with Gasteiger partial charge in [-0.25, -0.2) is 15.0 Å². The molecule has 0 amide bonds. The van der Waals surface area contributed by atoms with Gasteiger partial charge in [0, 0.05) is 37.4 Å². The molecule has 124 valence electrons. The minimum Gasteiger partial charge on any atom is -0.348 e. The third-order valence-electron chi connectivity index (χ3n) is 4.05. The predicted molar refractivity (Wildman–Crippen MR) is 89.0 cm³/mol. The van der Waals surface area contributed by atoms with Gasteiger partial charge in [0.1, 0.15) is 5.82 Å². The SMILES string of the molecule is Cc1cnc(CN2CCn3nc(CNc4ncccn4)cc3C2)[nH]1. The lowest BCUT2D eigenvalue weighted by molar-refractivity contribution is 0.201. The summed E-state index contributed by atoms with van der Waals surface area (Å²) in [4.78, 5) is 18.4. The minimum absolute atomic E-state index is 0.623. The van der Waals surface area contributed by atoms with Crippen LogP contribution in [0.2, 0.25) is 0 Å². The van der Waals surface area contributed by atoms with E-state index in [9.17, 15) is 0 Å². The lowest BCUT2D eigenvalue weighted by Gasteiger charge is -2.26. The minimum atomic E-state index is 0.623. The van der Waals surface area contributed by atoms with Crippen LogP contribution in [0, 0.1) is 6.92 Å². The molecule has 1 aliphatic rings. The molecule has 0 aliphatic carbocycles. The smallest absolute Gasteiger partial charge is 0.222 e. The van der Waals surface area contributed by atoms with Gasteiger partial charge in [-0.05, 0) is 19.1 Å². The number of anilines is 1. The Bertz CT molecular complexity index is 807. The molecule has 0 fully saturated rings. The fourth-order valence-electron chi connectivity index (χ4n) is 2.92. The average molecular weight is 324 g/mol. The van der Waals surface area contributed by atoms with Crippen LogP contribution >= 0.6 is 0 Å². The second kappa shape index (κ2) is 6.40. The molecule has 2 N–H and O–H groups in total. The molecule has 0 aromatic carbocycles. The number of hydrogen-bond acceptors (Lipinski definition) is 6. The van der Waals surface area contributed by atoms with Gasteiger partial charge in [0.05, 0.1) is 31.0 Å². The maximum absolute atomic E-state index is 4.66. The van der Waals surface area contributed by atoms with Crippen molar-refractivity contribution in [2.24, 2.45) is 0 Å². The Morgan fingerprint density at radius 1 is 1.21 bits per heavy atom. The Hall–Kier alpha value is -2.74. The second-order valence-corrected chi connectivity index (χ2v) is 6.00. The van der Waals surface area contributed by atoms with Crippen LogP contribution in [0.5, 0.6) is 0 Å². The van der Waals surface area contributed by atoms with Crippen LogP contribution in [0.4, 0.5) is 5.95 Å². The topological polar surface area (TPSA) is 87.6 Å². The average Bonchev–Trinajstić information content (AvgIpc) is 3.19. The number of aromatic nitrogens is 6. The van der Waals surface area contributed by atoms with Gasteiger partial charge in [-0.1, -0.05) is 0 Å².